The summed E-state index contributed by atoms with van der Waals surface area (Å²) in [7, 11) is 0. The summed E-state index contributed by atoms with van der Waals surface area (Å²) in [6, 6.07) is 1.44. The second-order valence-corrected chi connectivity index (χ2v) is 3.44. The fraction of sp³-hybridized carbons (Fsp3) is 0.364. The highest BCUT2D eigenvalue weighted by molar-refractivity contribution is 6.05. The molecule has 0 aliphatic heterocycles. The lowest BCUT2D eigenvalue weighted by atomic mass is 10.3. The SMILES string of the molecule is CCCOc1ccnc(C(=O)NC(=O)CN)c1O. The van der Waals surface area contributed by atoms with Crippen LogP contribution in [0.1, 0.15) is 23.8 Å². The summed E-state index contributed by atoms with van der Waals surface area (Å²) < 4.78 is 5.23. The molecule has 0 saturated heterocycles. The van der Waals surface area contributed by atoms with Crippen LogP contribution < -0.4 is 15.8 Å². The standard InChI is InChI=1S/C11H15N3O4/c1-2-5-18-7-3-4-13-9(10(7)16)11(17)14-8(15)6-12/h3-4,16H,2,5-6,12H2,1H3,(H,14,15,17). The Kier molecular flexibility index (Phi) is 5.06. The average Bonchev–Trinajstić information content (AvgIpc) is 2.37. The van der Waals surface area contributed by atoms with Crippen molar-refractivity contribution < 1.29 is 19.4 Å². The largest absolute Gasteiger partial charge is 0.503 e. The number of pyridine rings is 1. The van der Waals surface area contributed by atoms with E-state index in [1.807, 2.05) is 12.2 Å². The maximum atomic E-state index is 11.6. The topological polar surface area (TPSA) is 115 Å². The van der Waals surface area contributed by atoms with Gasteiger partial charge in [0.05, 0.1) is 13.2 Å². The van der Waals surface area contributed by atoms with Crippen LogP contribution in [0.3, 0.4) is 0 Å². The minimum Gasteiger partial charge on any atom is -0.503 e. The summed E-state index contributed by atoms with van der Waals surface area (Å²) in [5, 5.41) is 11.8. The lowest BCUT2D eigenvalue weighted by molar-refractivity contribution is -0.118. The van der Waals surface area contributed by atoms with Crippen molar-refractivity contribution in [3.63, 3.8) is 0 Å². The predicted octanol–water partition coefficient (Wildman–Crippen LogP) is -0.209. The molecule has 0 saturated carbocycles. The van der Waals surface area contributed by atoms with Gasteiger partial charge in [0, 0.05) is 12.3 Å². The van der Waals surface area contributed by atoms with Crippen LogP contribution in [0.5, 0.6) is 11.5 Å². The number of amides is 2. The molecule has 1 rings (SSSR count). The maximum absolute atomic E-state index is 11.6. The van der Waals surface area contributed by atoms with E-state index >= 15 is 0 Å². The Morgan fingerprint density at radius 2 is 2.28 bits per heavy atom. The maximum Gasteiger partial charge on any atom is 0.280 e. The summed E-state index contributed by atoms with van der Waals surface area (Å²) >= 11 is 0. The lowest BCUT2D eigenvalue weighted by Gasteiger charge is -2.09. The van der Waals surface area contributed by atoms with E-state index in [1.165, 1.54) is 12.3 Å². The molecule has 4 N–H and O–H groups in total. The number of rotatable bonds is 5. The van der Waals surface area contributed by atoms with Gasteiger partial charge >= 0.3 is 0 Å². The van der Waals surface area contributed by atoms with Crippen LogP contribution >= 0.6 is 0 Å². The first-order valence-electron chi connectivity index (χ1n) is 5.45. The van der Waals surface area contributed by atoms with E-state index in [9.17, 15) is 14.7 Å². The summed E-state index contributed by atoms with van der Waals surface area (Å²) in [6.07, 6.45) is 2.07. The molecule has 1 aromatic rings. The van der Waals surface area contributed by atoms with Gasteiger partial charge in [-0.1, -0.05) is 6.92 Å². The number of nitrogens with zero attached hydrogens (tertiary/aromatic N) is 1. The van der Waals surface area contributed by atoms with E-state index in [4.69, 9.17) is 10.5 Å². The number of hydrogen-bond acceptors (Lipinski definition) is 6. The highest BCUT2D eigenvalue weighted by Gasteiger charge is 2.18. The molecule has 0 spiro atoms. The van der Waals surface area contributed by atoms with Gasteiger partial charge in [0.2, 0.25) is 5.91 Å². The number of carbonyl (C=O) groups excluding carboxylic acids is 2. The zero-order chi connectivity index (χ0) is 13.5. The molecule has 0 atom stereocenters. The normalized spacial score (nSPS) is 9.89. The average molecular weight is 253 g/mol. The van der Waals surface area contributed by atoms with Crippen LogP contribution in [-0.4, -0.2) is 35.1 Å². The zero-order valence-corrected chi connectivity index (χ0v) is 9.97. The van der Waals surface area contributed by atoms with E-state index in [-0.39, 0.29) is 18.0 Å². The second kappa shape index (κ2) is 6.55. The van der Waals surface area contributed by atoms with Gasteiger partial charge in [0.15, 0.2) is 17.2 Å². The number of nitrogens with one attached hydrogen (secondary N) is 1. The third kappa shape index (κ3) is 3.42. The van der Waals surface area contributed by atoms with E-state index in [2.05, 4.69) is 4.98 Å². The molecule has 1 heterocycles. The predicted molar refractivity (Wildman–Crippen MR) is 63.2 cm³/mol. The second-order valence-electron chi connectivity index (χ2n) is 3.44. The van der Waals surface area contributed by atoms with Crippen molar-refractivity contribution in [2.75, 3.05) is 13.2 Å². The Hall–Kier alpha value is -2.15. The molecule has 0 bridgehead atoms. The van der Waals surface area contributed by atoms with E-state index in [0.717, 1.165) is 6.42 Å². The Balaban J connectivity index is 2.88. The van der Waals surface area contributed by atoms with E-state index < -0.39 is 17.6 Å². The van der Waals surface area contributed by atoms with Gasteiger partial charge in [-0.2, -0.15) is 0 Å². The number of nitrogens with two attached hydrogens (primary N) is 1. The van der Waals surface area contributed by atoms with Crippen molar-refractivity contribution >= 4 is 11.8 Å². The van der Waals surface area contributed by atoms with Crippen molar-refractivity contribution in [2.24, 2.45) is 5.73 Å². The fourth-order valence-corrected chi connectivity index (χ4v) is 1.17. The molecule has 1 aromatic heterocycles. The fourth-order valence-electron chi connectivity index (χ4n) is 1.17. The number of ether oxygens (including phenoxy) is 1. The van der Waals surface area contributed by atoms with Crippen molar-refractivity contribution in [3.05, 3.63) is 18.0 Å². The summed E-state index contributed by atoms with van der Waals surface area (Å²) in [6.45, 7) is 1.99. The number of carbonyl (C=O) groups is 2. The van der Waals surface area contributed by atoms with E-state index in [0.29, 0.717) is 6.61 Å². The molecular weight excluding hydrogens is 238 g/mol. The summed E-state index contributed by atoms with van der Waals surface area (Å²) in [5.74, 6) is -1.71. The highest BCUT2D eigenvalue weighted by atomic mass is 16.5. The molecule has 0 fully saturated rings. The zero-order valence-electron chi connectivity index (χ0n) is 9.97. The molecule has 7 heteroatoms. The van der Waals surface area contributed by atoms with Crippen LogP contribution in [0.2, 0.25) is 0 Å². The Morgan fingerprint density at radius 1 is 1.56 bits per heavy atom. The third-order valence-electron chi connectivity index (χ3n) is 2.00. The van der Waals surface area contributed by atoms with Gasteiger partial charge in [-0.05, 0) is 6.42 Å². The number of aromatic hydroxyl groups is 1. The molecule has 2 amide bonds. The molecule has 18 heavy (non-hydrogen) atoms. The van der Waals surface area contributed by atoms with Gasteiger partial charge in [-0.15, -0.1) is 0 Å². The van der Waals surface area contributed by atoms with Gasteiger partial charge in [-0.25, -0.2) is 4.98 Å². The van der Waals surface area contributed by atoms with Crippen LogP contribution in [0.25, 0.3) is 0 Å². The van der Waals surface area contributed by atoms with Crippen molar-refractivity contribution in [3.8, 4) is 11.5 Å². The summed E-state index contributed by atoms with van der Waals surface area (Å²) in [5.41, 5.74) is 4.79. The van der Waals surface area contributed by atoms with Crippen molar-refractivity contribution in [1.82, 2.24) is 10.3 Å². The van der Waals surface area contributed by atoms with Gasteiger partial charge in [0.1, 0.15) is 0 Å². The smallest absolute Gasteiger partial charge is 0.280 e. The molecule has 0 radical (unpaired) electrons. The quantitative estimate of drug-likeness (QED) is 0.669. The van der Waals surface area contributed by atoms with Crippen LogP contribution in [0.4, 0.5) is 0 Å². The molecule has 0 aliphatic carbocycles. The van der Waals surface area contributed by atoms with Gasteiger partial charge in [0.25, 0.3) is 5.91 Å². The summed E-state index contributed by atoms with van der Waals surface area (Å²) in [4.78, 5) is 26.3. The Bertz CT molecular complexity index is 448. The van der Waals surface area contributed by atoms with E-state index in [1.54, 1.807) is 0 Å². The van der Waals surface area contributed by atoms with Crippen LogP contribution in [0.15, 0.2) is 12.3 Å². The first kappa shape index (κ1) is 13.9. The minimum absolute atomic E-state index is 0.150. The van der Waals surface area contributed by atoms with Gasteiger partial charge in [-0.3, -0.25) is 14.9 Å². The number of hydrogen-bond donors (Lipinski definition) is 3. The van der Waals surface area contributed by atoms with Crippen molar-refractivity contribution in [1.29, 1.82) is 0 Å². The minimum atomic E-state index is -0.815. The first-order chi connectivity index (χ1) is 8.60. The first-order valence-corrected chi connectivity index (χ1v) is 5.45. The Morgan fingerprint density at radius 3 is 2.89 bits per heavy atom. The van der Waals surface area contributed by atoms with Crippen molar-refractivity contribution in [2.45, 2.75) is 13.3 Å². The molecular formula is C11H15N3O4. The lowest BCUT2D eigenvalue weighted by Crippen LogP contribution is -2.35. The Labute approximate surface area is 104 Å². The number of aromatic nitrogens is 1. The third-order valence-corrected chi connectivity index (χ3v) is 2.00. The molecule has 98 valence electrons. The number of imide groups is 1. The molecule has 0 unspecified atom stereocenters. The molecule has 7 nitrogen and oxygen atoms in total. The molecule has 0 aliphatic rings. The molecule has 0 aromatic carbocycles. The van der Waals surface area contributed by atoms with Crippen LogP contribution in [-0.2, 0) is 4.79 Å². The van der Waals surface area contributed by atoms with Crippen LogP contribution in [0, 0.1) is 0 Å². The highest BCUT2D eigenvalue weighted by Crippen LogP contribution is 2.27. The van der Waals surface area contributed by atoms with Gasteiger partial charge < -0.3 is 15.6 Å². The monoisotopic (exact) mass is 253 g/mol.